The van der Waals surface area contributed by atoms with Gasteiger partial charge in [0.2, 0.25) is 5.75 Å². The first-order valence-corrected chi connectivity index (χ1v) is 3.35. The Morgan fingerprint density at radius 3 is 3.20 bits per heavy atom. The maximum Gasteiger partial charge on any atom is 0.211 e. The maximum atomic E-state index is 5.26. The molecule has 52 valence electrons. The summed E-state index contributed by atoms with van der Waals surface area (Å²) in [5, 5.41) is 0. The lowest BCUT2D eigenvalue weighted by atomic mass is 10.3. The summed E-state index contributed by atoms with van der Waals surface area (Å²) < 4.78 is 10.4. The van der Waals surface area contributed by atoms with Crippen LogP contribution in [0.25, 0.3) is 0 Å². The highest BCUT2D eigenvalue weighted by Crippen LogP contribution is 2.51. The Hall–Kier alpha value is -1.18. The molecule has 2 nitrogen and oxygen atoms in total. The number of benzene rings is 1. The zero-order valence-electron chi connectivity index (χ0n) is 5.76. The van der Waals surface area contributed by atoms with E-state index in [1.165, 1.54) is 0 Å². The van der Waals surface area contributed by atoms with E-state index in [2.05, 4.69) is 0 Å². The smallest absolute Gasteiger partial charge is 0.211 e. The molecule has 1 aliphatic rings. The van der Waals surface area contributed by atoms with E-state index >= 15 is 0 Å². The third kappa shape index (κ3) is 0.727. The fraction of sp³-hybridized carbons (Fsp3) is 0.250. The molecule has 0 N–H and O–H groups in total. The van der Waals surface area contributed by atoms with Crippen LogP contribution < -0.4 is 9.47 Å². The number of fused-ring (bicyclic) bond motifs is 1. The summed E-state index contributed by atoms with van der Waals surface area (Å²) in [6.45, 7) is 2.65. The lowest BCUT2D eigenvalue weighted by molar-refractivity contribution is 0.336. The summed E-state index contributed by atoms with van der Waals surface area (Å²) in [5.41, 5.74) is 0. The van der Waals surface area contributed by atoms with Gasteiger partial charge in [0.25, 0.3) is 0 Å². The molecule has 0 unspecified atom stereocenters. The number of ether oxygens (including phenoxy) is 2. The third-order valence-electron chi connectivity index (χ3n) is 1.41. The first-order chi connectivity index (χ1) is 4.92. The van der Waals surface area contributed by atoms with Crippen molar-refractivity contribution in [2.45, 2.75) is 6.92 Å². The predicted octanol–water partition coefficient (Wildman–Crippen LogP) is 2.19. The van der Waals surface area contributed by atoms with E-state index in [9.17, 15) is 0 Å². The monoisotopic (exact) mass is 136 g/mol. The largest absolute Gasteiger partial charge is 0.490 e. The van der Waals surface area contributed by atoms with Gasteiger partial charge in [-0.25, -0.2) is 0 Å². The lowest BCUT2D eigenvalue weighted by Gasteiger charge is -1.96. The van der Waals surface area contributed by atoms with Gasteiger partial charge in [-0.2, -0.15) is 0 Å². The second kappa shape index (κ2) is 1.90. The Labute approximate surface area is 59.4 Å². The summed E-state index contributed by atoms with van der Waals surface area (Å²) >= 11 is 0. The van der Waals surface area contributed by atoms with Gasteiger partial charge in [-0.3, -0.25) is 0 Å². The van der Waals surface area contributed by atoms with Crippen molar-refractivity contribution < 1.29 is 9.47 Å². The fourth-order valence-electron chi connectivity index (χ4n) is 0.934. The van der Waals surface area contributed by atoms with Gasteiger partial charge in [0, 0.05) is 0 Å². The number of hydrogen-bond acceptors (Lipinski definition) is 2. The average molecular weight is 136 g/mol. The van der Waals surface area contributed by atoms with Gasteiger partial charge in [0.1, 0.15) is 0 Å². The molecule has 0 atom stereocenters. The van der Waals surface area contributed by atoms with Crippen molar-refractivity contribution in [3.63, 3.8) is 0 Å². The van der Waals surface area contributed by atoms with Gasteiger partial charge in [0.15, 0.2) is 11.5 Å². The van der Waals surface area contributed by atoms with Gasteiger partial charge in [-0.15, -0.1) is 0 Å². The van der Waals surface area contributed by atoms with E-state index in [0.29, 0.717) is 6.61 Å². The molecular weight excluding hydrogens is 128 g/mol. The van der Waals surface area contributed by atoms with Crippen molar-refractivity contribution in [2.75, 3.05) is 6.61 Å². The maximum absolute atomic E-state index is 5.26. The molecule has 1 heterocycles. The van der Waals surface area contributed by atoms with Crippen LogP contribution in [-0.2, 0) is 0 Å². The van der Waals surface area contributed by atoms with Crippen LogP contribution in [0, 0.1) is 0 Å². The highest BCUT2D eigenvalue weighted by atomic mass is 16.6. The van der Waals surface area contributed by atoms with E-state index in [4.69, 9.17) is 9.47 Å². The zero-order valence-corrected chi connectivity index (χ0v) is 5.76. The molecule has 1 aliphatic heterocycles. The highest BCUT2D eigenvalue weighted by molar-refractivity contribution is 5.62. The van der Waals surface area contributed by atoms with Gasteiger partial charge in [-0.1, -0.05) is 6.07 Å². The molecule has 10 heavy (non-hydrogen) atoms. The normalized spacial score (nSPS) is 11.7. The van der Waals surface area contributed by atoms with Gasteiger partial charge < -0.3 is 9.47 Å². The van der Waals surface area contributed by atoms with E-state index in [1.54, 1.807) is 0 Å². The molecule has 0 saturated carbocycles. The van der Waals surface area contributed by atoms with E-state index in [-0.39, 0.29) is 0 Å². The SMILES string of the molecule is CCOc1cccc2c1O2. The van der Waals surface area contributed by atoms with Crippen molar-refractivity contribution in [3.8, 4) is 17.2 Å². The van der Waals surface area contributed by atoms with Crippen LogP contribution in [-0.4, -0.2) is 6.61 Å². The molecule has 2 rings (SSSR count). The molecule has 1 aromatic carbocycles. The van der Waals surface area contributed by atoms with Crippen LogP contribution in [0.4, 0.5) is 0 Å². The Morgan fingerprint density at radius 2 is 2.40 bits per heavy atom. The Bertz CT molecular complexity index is 255. The predicted molar refractivity (Wildman–Crippen MR) is 37.7 cm³/mol. The molecule has 2 heteroatoms. The molecule has 0 saturated heterocycles. The van der Waals surface area contributed by atoms with Crippen LogP contribution in [0.5, 0.6) is 17.2 Å². The molecule has 0 amide bonds. The quantitative estimate of drug-likeness (QED) is 0.590. The molecule has 1 aromatic rings. The summed E-state index contributed by atoms with van der Waals surface area (Å²) in [4.78, 5) is 0. The second-order valence-corrected chi connectivity index (χ2v) is 2.12. The van der Waals surface area contributed by atoms with Gasteiger partial charge in [0.05, 0.1) is 6.61 Å². The molecule has 0 spiro atoms. The molecule has 0 aliphatic carbocycles. The van der Waals surface area contributed by atoms with E-state index < -0.39 is 0 Å². The Morgan fingerprint density at radius 1 is 1.50 bits per heavy atom. The van der Waals surface area contributed by atoms with Gasteiger partial charge >= 0.3 is 0 Å². The summed E-state index contributed by atoms with van der Waals surface area (Å²) in [6.07, 6.45) is 0. The average Bonchev–Trinajstić information content (AvgIpc) is 2.67. The van der Waals surface area contributed by atoms with Crippen molar-refractivity contribution in [2.24, 2.45) is 0 Å². The Balaban J connectivity index is 2.29. The van der Waals surface area contributed by atoms with Crippen molar-refractivity contribution in [1.82, 2.24) is 0 Å². The fourth-order valence-corrected chi connectivity index (χ4v) is 0.934. The minimum Gasteiger partial charge on any atom is -0.490 e. The standard InChI is InChI=1S/C8H8O2/c1-2-9-6-4-3-5-7-8(6)10-7/h3-5H,2H2,1H3. The first-order valence-electron chi connectivity index (χ1n) is 3.35. The van der Waals surface area contributed by atoms with Crippen LogP contribution >= 0.6 is 0 Å². The molecule has 0 bridgehead atoms. The van der Waals surface area contributed by atoms with E-state index in [1.807, 2.05) is 25.1 Å². The number of hydrogen-bond donors (Lipinski definition) is 0. The van der Waals surface area contributed by atoms with Gasteiger partial charge in [-0.05, 0) is 19.1 Å². The Kier molecular flexibility index (Phi) is 1.07. The number of rotatable bonds is 2. The summed E-state index contributed by atoms with van der Waals surface area (Å²) in [5.74, 6) is 2.72. The summed E-state index contributed by atoms with van der Waals surface area (Å²) in [6, 6.07) is 5.77. The van der Waals surface area contributed by atoms with Crippen LogP contribution in [0.1, 0.15) is 6.92 Å². The minimum atomic E-state index is 0.694. The van der Waals surface area contributed by atoms with Crippen molar-refractivity contribution in [3.05, 3.63) is 18.2 Å². The number of para-hydroxylation sites is 1. The molecular formula is C8H8O2. The van der Waals surface area contributed by atoms with Crippen molar-refractivity contribution in [1.29, 1.82) is 0 Å². The zero-order chi connectivity index (χ0) is 6.97. The molecule has 0 radical (unpaired) electrons. The third-order valence-corrected chi connectivity index (χ3v) is 1.41. The molecule has 0 aromatic heterocycles. The highest BCUT2D eigenvalue weighted by Gasteiger charge is 2.24. The topological polar surface area (TPSA) is 21.8 Å². The van der Waals surface area contributed by atoms with E-state index in [0.717, 1.165) is 17.2 Å². The lowest BCUT2D eigenvalue weighted by Crippen LogP contribution is -1.88. The van der Waals surface area contributed by atoms with Crippen molar-refractivity contribution >= 4 is 0 Å². The first kappa shape index (κ1) is 5.59. The molecule has 0 fully saturated rings. The van der Waals surface area contributed by atoms with Crippen LogP contribution in [0.2, 0.25) is 0 Å². The van der Waals surface area contributed by atoms with Crippen LogP contribution in [0.3, 0.4) is 0 Å². The summed E-state index contributed by atoms with van der Waals surface area (Å²) in [7, 11) is 0. The second-order valence-electron chi connectivity index (χ2n) is 2.12. The minimum absolute atomic E-state index is 0.694. The van der Waals surface area contributed by atoms with Crippen LogP contribution in [0.15, 0.2) is 18.2 Å².